The molecule has 10 nitrogen and oxygen atoms in total. The van der Waals surface area contributed by atoms with Crippen LogP contribution in [0.3, 0.4) is 0 Å². The highest BCUT2D eigenvalue weighted by atomic mass is 32.1. The summed E-state index contributed by atoms with van der Waals surface area (Å²) in [7, 11) is 0. The van der Waals surface area contributed by atoms with Crippen LogP contribution in [0.25, 0.3) is 20.9 Å². The minimum Gasteiger partial charge on any atom is -0.355 e. The number of thiophene rings is 1. The second kappa shape index (κ2) is 17.5. The maximum atomic E-state index is 13.1. The number of amides is 4. The lowest BCUT2D eigenvalue weighted by atomic mass is 10.00. The van der Waals surface area contributed by atoms with Gasteiger partial charge in [0.2, 0.25) is 11.8 Å². The predicted molar refractivity (Wildman–Crippen MR) is 175 cm³/mol. The van der Waals surface area contributed by atoms with Crippen LogP contribution in [0.2, 0.25) is 0 Å². The molecule has 4 amide bonds. The first-order valence-corrected chi connectivity index (χ1v) is 16.2. The van der Waals surface area contributed by atoms with Crippen molar-refractivity contribution < 1.29 is 19.2 Å². The van der Waals surface area contributed by atoms with Crippen molar-refractivity contribution >= 4 is 55.8 Å². The van der Waals surface area contributed by atoms with Crippen LogP contribution < -0.4 is 21.3 Å². The van der Waals surface area contributed by atoms with Gasteiger partial charge in [-0.15, -0.1) is 11.3 Å². The van der Waals surface area contributed by atoms with E-state index in [1.54, 1.807) is 6.07 Å². The van der Waals surface area contributed by atoms with E-state index < -0.39 is 0 Å². The monoisotopic (exact) mass is 610 g/mol. The Balaban J connectivity index is 1.55. The molecule has 0 unspecified atom stereocenters. The summed E-state index contributed by atoms with van der Waals surface area (Å²) in [6.45, 7) is 15.4. The third-order valence-corrected chi connectivity index (χ3v) is 8.57. The lowest BCUT2D eigenvalue weighted by Gasteiger charge is -2.18. The molecule has 0 saturated carbocycles. The van der Waals surface area contributed by atoms with Gasteiger partial charge in [-0.2, -0.15) is 0 Å². The van der Waals surface area contributed by atoms with Crippen molar-refractivity contribution in [3.05, 3.63) is 46.8 Å². The van der Waals surface area contributed by atoms with Crippen molar-refractivity contribution in [3.8, 4) is 0 Å². The average molecular weight is 611 g/mol. The maximum absolute atomic E-state index is 13.1. The van der Waals surface area contributed by atoms with Crippen molar-refractivity contribution in [1.82, 2.24) is 31.1 Å². The molecule has 0 atom stereocenters. The van der Waals surface area contributed by atoms with Crippen molar-refractivity contribution in [2.45, 2.75) is 40.5 Å². The van der Waals surface area contributed by atoms with Crippen molar-refractivity contribution in [2.24, 2.45) is 0 Å². The zero-order valence-electron chi connectivity index (χ0n) is 25.9. The summed E-state index contributed by atoms with van der Waals surface area (Å²) >= 11 is 1.46. The molecule has 3 rings (SSSR count). The molecule has 11 heteroatoms. The number of benzene rings is 2. The summed E-state index contributed by atoms with van der Waals surface area (Å²) in [5, 5.41) is 16.1. The van der Waals surface area contributed by atoms with E-state index in [1.165, 1.54) is 11.3 Å². The number of hydrogen-bond acceptors (Lipinski definition) is 7. The lowest BCUT2D eigenvalue weighted by Crippen LogP contribution is -2.36. The normalized spacial score (nSPS) is 11.3. The summed E-state index contributed by atoms with van der Waals surface area (Å²) in [4.78, 5) is 54.8. The van der Waals surface area contributed by atoms with Crippen molar-refractivity contribution in [1.29, 1.82) is 0 Å². The molecule has 0 aliphatic rings. The number of nitrogens with one attached hydrogen (secondary N) is 4. The molecule has 1 aromatic heterocycles. The van der Waals surface area contributed by atoms with E-state index in [0.717, 1.165) is 60.1 Å². The molecular formula is C32H46N6O4S. The van der Waals surface area contributed by atoms with E-state index in [2.05, 4.69) is 58.8 Å². The molecular weight excluding hydrogens is 564 g/mol. The van der Waals surface area contributed by atoms with Crippen LogP contribution in [0.1, 0.15) is 61.3 Å². The molecule has 0 aliphatic heterocycles. The van der Waals surface area contributed by atoms with E-state index in [0.29, 0.717) is 24.2 Å². The quantitative estimate of drug-likeness (QED) is 0.176. The van der Waals surface area contributed by atoms with Gasteiger partial charge in [-0.1, -0.05) is 33.8 Å². The molecule has 4 N–H and O–H groups in total. The fourth-order valence-corrected chi connectivity index (χ4v) is 5.84. The topological polar surface area (TPSA) is 123 Å². The Labute approximate surface area is 258 Å². The van der Waals surface area contributed by atoms with Crippen LogP contribution in [-0.4, -0.2) is 98.9 Å². The summed E-state index contributed by atoms with van der Waals surface area (Å²) in [5.41, 5.74) is 1.04. The van der Waals surface area contributed by atoms with E-state index >= 15 is 0 Å². The second-order valence-electron chi connectivity index (χ2n) is 10.3. The summed E-state index contributed by atoms with van der Waals surface area (Å²) in [6.07, 6.45) is 0.421. The minimum absolute atomic E-state index is 0.0889. The van der Waals surface area contributed by atoms with E-state index in [-0.39, 0.29) is 49.6 Å². The number of nitrogens with zero attached hydrogens (tertiary/aromatic N) is 2. The van der Waals surface area contributed by atoms with Gasteiger partial charge in [-0.05, 0) is 66.6 Å². The fraction of sp³-hybridized carbons (Fsp3) is 0.500. The number of fused-ring (bicyclic) bond motifs is 3. The highest BCUT2D eigenvalue weighted by molar-refractivity contribution is 7.17. The van der Waals surface area contributed by atoms with E-state index in [4.69, 9.17) is 0 Å². The standard InChI is InChI=1S/C32H46N6O4S/c1-5-37(6-2)18-16-33-28(39)11-14-35-31(41)24-10-9-23-21-27(30-25(13-20-43-30)26(23)22-24)32(42)36-15-12-29(40)34-17-19-38(7-3)8-4/h9-10,13,20-22H,5-8,11-12,14-19H2,1-4H3,(H,33,39)(H,34,40)(H,35,41)(H,36,42). The van der Waals surface area contributed by atoms with Gasteiger partial charge < -0.3 is 31.1 Å². The Morgan fingerprint density at radius 2 is 1.21 bits per heavy atom. The number of carbonyl (C=O) groups excluding carboxylic acids is 4. The van der Waals surface area contributed by atoms with Gasteiger partial charge >= 0.3 is 0 Å². The number of rotatable bonds is 18. The summed E-state index contributed by atoms with van der Waals surface area (Å²) < 4.78 is 0.826. The van der Waals surface area contributed by atoms with Crippen molar-refractivity contribution in [3.63, 3.8) is 0 Å². The van der Waals surface area contributed by atoms with Gasteiger partial charge in [0.05, 0.1) is 5.56 Å². The van der Waals surface area contributed by atoms with Crippen LogP contribution in [0, 0.1) is 0 Å². The smallest absolute Gasteiger partial charge is 0.252 e. The SMILES string of the molecule is CCN(CC)CCNC(=O)CCNC(=O)c1ccc2cc(C(=O)NCCC(=O)NCCN(CC)CC)c3sccc3c2c1. The highest BCUT2D eigenvalue weighted by Gasteiger charge is 2.16. The first-order chi connectivity index (χ1) is 20.8. The zero-order valence-corrected chi connectivity index (χ0v) is 26.7. The fourth-order valence-electron chi connectivity index (χ4n) is 4.92. The molecule has 0 radical (unpaired) electrons. The average Bonchev–Trinajstić information content (AvgIpc) is 3.51. The Hall–Kier alpha value is -3.54. The molecule has 234 valence electrons. The molecule has 3 aromatic rings. The van der Waals surface area contributed by atoms with E-state index in [1.807, 2.05) is 29.6 Å². The summed E-state index contributed by atoms with van der Waals surface area (Å²) in [5.74, 6) is -0.664. The molecule has 43 heavy (non-hydrogen) atoms. The molecule has 1 heterocycles. The van der Waals surface area contributed by atoms with Gasteiger partial charge in [0.25, 0.3) is 11.8 Å². The lowest BCUT2D eigenvalue weighted by molar-refractivity contribution is -0.121. The number of carbonyl (C=O) groups is 4. The van der Waals surface area contributed by atoms with Gasteiger partial charge in [0.15, 0.2) is 0 Å². The first kappa shape index (κ1) is 34.0. The highest BCUT2D eigenvalue weighted by Crippen LogP contribution is 2.33. The first-order valence-electron chi connectivity index (χ1n) is 15.3. The van der Waals surface area contributed by atoms with Crippen LogP contribution in [-0.2, 0) is 9.59 Å². The number of hydrogen-bond donors (Lipinski definition) is 4. The third kappa shape index (κ3) is 10.0. The van der Waals surface area contributed by atoms with Crippen LogP contribution in [0.4, 0.5) is 0 Å². The number of likely N-dealkylation sites (N-methyl/N-ethyl adjacent to an activating group) is 2. The Morgan fingerprint density at radius 1 is 0.651 bits per heavy atom. The summed E-state index contributed by atoms with van der Waals surface area (Å²) in [6, 6.07) is 9.17. The maximum Gasteiger partial charge on any atom is 0.252 e. The molecule has 0 aliphatic carbocycles. The van der Waals surface area contributed by atoms with Crippen LogP contribution >= 0.6 is 11.3 Å². The van der Waals surface area contributed by atoms with Gasteiger partial charge in [0, 0.05) is 67.8 Å². The van der Waals surface area contributed by atoms with Gasteiger partial charge in [0.1, 0.15) is 0 Å². The zero-order chi connectivity index (χ0) is 31.2. The van der Waals surface area contributed by atoms with E-state index in [9.17, 15) is 19.2 Å². The second-order valence-corrected chi connectivity index (χ2v) is 11.2. The Bertz CT molecular complexity index is 1380. The largest absolute Gasteiger partial charge is 0.355 e. The molecule has 0 bridgehead atoms. The predicted octanol–water partition coefficient (Wildman–Crippen LogP) is 3.21. The van der Waals surface area contributed by atoms with Gasteiger partial charge in [-0.25, -0.2) is 0 Å². The molecule has 0 saturated heterocycles. The van der Waals surface area contributed by atoms with Crippen LogP contribution in [0.5, 0.6) is 0 Å². The van der Waals surface area contributed by atoms with Crippen molar-refractivity contribution in [2.75, 3.05) is 65.4 Å². The van der Waals surface area contributed by atoms with Gasteiger partial charge in [-0.3, -0.25) is 19.2 Å². The molecule has 0 fully saturated rings. The third-order valence-electron chi connectivity index (χ3n) is 7.62. The Morgan fingerprint density at radius 3 is 1.77 bits per heavy atom. The molecule has 2 aromatic carbocycles. The van der Waals surface area contributed by atoms with Crippen LogP contribution in [0.15, 0.2) is 35.7 Å². The minimum atomic E-state index is -0.251. The molecule has 0 spiro atoms. The Kier molecular flexibility index (Phi) is 13.9.